The van der Waals surface area contributed by atoms with Crippen molar-refractivity contribution in [1.82, 2.24) is 9.88 Å². The van der Waals surface area contributed by atoms with Gasteiger partial charge in [-0.25, -0.2) is 4.39 Å². The summed E-state index contributed by atoms with van der Waals surface area (Å²) in [6.45, 7) is 21.9. The maximum absolute atomic E-state index is 13.7. The van der Waals surface area contributed by atoms with Crippen LogP contribution < -0.4 is 4.90 Å². The molecule has 2 N–H and O–H groups in total. The molecule has 0 radical (unpaired) electrons. The van der Waals surface area contributed by atoms with Crippen molar-refractivity contribution in [3.63, 3.8) is 0 Å². The predicted octanol–water partition coefficient (Wildman–Crippen LogP) is 7.65. The van der Waals surface area contributed by atoms with Crippen molar-refractivity contribution in [2.24, 2.45) is 5.41 Å². The van der Waals surface area contributed by atoms with Crippen molar-refractivity contribution >= 4 is 11.7 Å². The molecular weight excluding hydrogens is 633 g/mol. The molecule has 2 aliphatic rings. The number of nitrogens with zero attached hydrogens (tertiary/aromatic N) is 3. The lowest BCUT2D eigenvalue weighted by Gasteiger charge is -2.40. The van der Waals surface area contributed by atoms with E-state index in [0.717, 1.165) is 96.9 Å². The van der Waals surface area contributed by atoms with Crippen molar-refractivity contribution in [3.8, 4) is 11.1 Å². The number of aromatic nitrogens is 1. The van der Waals surface area contributed by atoms with Gasteiger partial charge in [0.05, 0.1) is 43.2 Å². The Kier molecular flexibility index (Phi) is 13.6. The van der Waals surface area contributed by atoms with Gasteiger partial charge >= 0.3 is 5.97 Å². The van der Waals surface area contributed by atoms with Crippen LogP contribution in [0.2, 0.25) is 0 Å². The van der Waals surface area contributed by atoms with E-state index in [0.29, 0.717) is 26.4 Å². The molecule has 0 spiro atoms. The van der Waals surface area contributed by atoms with Gasteiger partial charge in [-0.2, -0.15) is 0 Å². The highest BCUT2D eigenvalue weighted by molar-refractivity contribution is 5.87. The fourth-order valence-electron chi connectivity index (χ4n) is 6.65. The number of hydrogen-bond acceptors (Lipinski definition) is 7. The van der Waals surface area contributed by atoms with E-state index in [-0.39, 0.29) is 17.7 Å². The highest BCUT2D eigenvalue weighted by Gasteiger charge is 2.31. The van der Waals surface area contributed by atoms with Crippen LogP contribution in [0.15, 0.2) is 36.4 Å². The van der Waals surface area contributed by atoms with E-state index in [1.807, 2.05) is 26.8 Å². The van der Waals surface area contributed by atoms with Gasteiger partial charge in [-0.1, -0.05) is 38.1 Å². The van der Waals surface area contributed by atoms with Crippen LogP contribution in [0.4, 0.5) is 10.1 Å². The number of anilines is 1. The first kappa shape index (κ1) is 39.4. The molecule has 9 heteroatoms. The molecular formula is C41H58FN3O5. The molecule has 0 bridgehead atoms. The lowest BCUT2D eigenvalue weighted by molar-refractivity contribution is -0.136. The minimum atomic E-state index is -0.855. The number of benzene rings is 2. The molecule has 0 saturated carbocycles. The fraction of sp³-hybridized carbons (Fsp3) is 0.561. The molecule has 2 aliphatic heterocycles. The van der Waals surface area contributed by atoms with Crippen LogP contribution in [-0.4, -0.2) is 71.1 Å². The molecule has 1 fully saturated rings. The van der Waals surface area contributed by atoms with E-state index < -0.39 is 11.6 Å². The van der Waals surface area contributed by atoms with Crippen molar-refractivity contribution in [3.05, 3.63) is 81.4 Å². The van der Waals surface area contributed by atoms with Crippen LogP contribution >= 0.6 is 0 Å². The SMILES string of the molecule is CC(C)(C)O.CCOCCOCc1nc(C)c(CC(=O)O)c(N2CCC(C)(C)CC2)c1-c1ccc2c(c1)CCN(Cc1ccc(F)cc1C)C2. The number of piperidine rings is 1. The summed E-state index contributed by atoms with van der Waals surface area (Å²) in [6, 6.07) is 11.7. The number of carboxylic acid groups (broad SMARTS) is 1. The number of fused-ring (bicyclic) bond motifs is 1. The number of ether oxygens (including phenoxy) is 2. The number of aryl methyl sites for hydroxylation is 2. The second-order valence-corrected chi connectivity index (χ2v) is 15.5. The van der Waals surface area contributed by atoms with Gasteiger partial charge in [0.2, 0.25) is 0 Å². The first-order valence-corrected chi connectivity index (χ1v) is 18.0. The first-order chi connectivity index (χ1) is 23.5. The van der Waals surface area contributed by atoms with Gasteiger partial charge in [-0.15, -0.1) is 0 Å². The monoisotopic (exact) mass is 691 g/mol. The average molecular weight is 692 g/mol. The van der Waals surface area contributed by atoms with Crippen LogP contribution in [0, 0.1) is 25.1 Å². The molecule has 0 amide bonds. The standard InChI is InChI=1S/C37H48FN3O4.C4H10O/c1-6-44-17-18-45-24-33-35(36(32(21-34(42)43)26(3)39-33)41-15-12-37(4,5)13-16-41)28-7-8-30-23-40(14-11-27(30)20-28)22-29-9-10-31(38)19-25(29)2;1-4(2,3)5/h7-10,19-20H,6,11-18,21-24H2,1-5H3,(H,42,43);5H,1-3H3. The summed E-state index contributed by atoms with van der Waals surface area (Å²) in [5, 5.41) is 18.5. The molecule has 5 rings (SSSR count). The van der Waals surface area contributed by atoms with Crippen LogP contribution in [0.3, 0.4) is 0 Å². The van der Waals surface area contributed by atoms with E-state index in [9.17, 15) is 14.3 Å². The first-order valence-electron chi connectivity index (χ1n) is 18.0. The predicted molar refractivity (Wildman–Crippen MR) is 198 cm³/mol. The Morgan fingerprint density at radius 1 is 1.00 bits per heavy atom. The van der Waals surface area contributed by atoms with Gasteiger partial charge < -0.3 is 24.6 Å². The highest BCUT2D eigenvalue weighted by atomic mass is 19.1. The summed E-state index contributed by atoms with van der Waals surface area (Å²) < 4.78 is 25.2. The summed E-state index contributed by atoms with van der Waals surface area (Å²) in [4.78, 5) is 22.0. The summed E-state index contributed by atoms with van der Waals surface area (Å²) in [5.74, 6) is -1.05. The third-order valence-corrected chi connectivity index (χ3v) is 9.41. The molecule has 1 aromatic heterocycles. The zero-order valence-corrected chi connectivity index (χ0v) is 31.5. The highest BCUT2D eigenvalue weighted by Crippen LogP contribution is 2.42. The van der Waals surface area contributed by atoms with Crippen LogP contribution in [0.25, 0.3) is 11.1 Å². The smallest absolute Gasteiger partial charge is 0.307 e. The number of halogens is 1. The van der Waals surface area contributed by atoms with E-state index >= 15 is 0 Å². The topological polar surface area (TPSA) is 95.4 Å². The van der Waals surface area contributed by atoms with Gasteiger partial charge in [0.15, 0.2) is 0 Å². The number of aliphatic carboxylic acids is 1. The minimum absolute atomic E-state index is 0.0742. The summed E-state index contributed by atoms with van der Waals surface area (Å²) >= 11 is 0. The molecule has 3 aromatic rings. The number of carbonyl (C=O) groups is 1. The summed E-state index contributed by atoms with van der Waals surface area (Å²) in [7, 11) is 0. The van der Waals surface area contributed by atoms with E-state index in [2.05, 4.69) is 41.8 Å². The van der Waals surface area contributed by atoms with E-state index in [1.165, 1.54) is 11.1 Å². The van der Waals surface area contributed by atoms with Crippen molar-refractivity contribution in [1.29, 1.82) is 0 Å². The zero-order chi connectivity index (χ0) is 36.6. The van der Waals surface area contributed by atoms with Gasteiger partial charge in [0.1, 0.15) is 5.82 Å². The number of carboxylic acids is 1. The van der Waals surface area contributed by atoms with Crippen molar-refractivity contribution in [2.75, 3.05) is 44.4 Å². The molecule has 274 valence electrons. The third kappa shape index (κ3) is 11.3. The van der Waals surface area contributed by atoms with Crippen molar-refractivity contribution in [2.45, 2.75) is 106 Å². The number of hydrogen-bond donors (Lipinski definition) is 2. The molecule has 2 aromatic carbocycles. The van der Waals surface area contributed by atoms with E-state index in [1.54, 1.807) is 32.9 Å². The zero-order valence-electron chi connectivity index (χ0n) is 31.5. The Labute approximate surface area is 298 Å². The summed E-state index contributed by atoms with van der Waals surface area (Å²) in [5.41, 5.74) is 9.86. The molecule has 1 saturated heterocycles. The summed E-state index contributed by atoms with van der Waals surface area (Å²) in [6.07, 6.45) is 2.90. The Morgan fingerprint density at radius 2 is 1.68 bits per heavy atom. The van der Waals surface area contributed by atoms with Crippen LogP contribution in [0.1, 0.15) is 93.6 Å². The fourth-order valence-corrected chi connectivity index (χ4v) is 6.65. The lowest BCUT2D eigenvalue weighted by atomic mass is 9.81. The van der Waals surface area contributed by atoms with Crippen LogP contribution in [0.5, 0.6) is 0 Å². The molecule has 0 unspecified atom stereocenters. The second kappa shape index (κ2) is 17.2. The quantitative estimate of drug-likeness (QED) is 0.187. The molecule has 8 nitrogen and oxygen atoms in total. The lowest BCUT2D eigenvalue weighted by Crippen LogP contribution is -2.38. The minimum Gasteiger partial charge on any atom is -0.481 e. The molecule has 0 aliphatic carbocycles. The third-order valence-electron chi connectivity index (χ3n) is 9.41. The number of rotatable bonds is 12. The second-order valence-electron chi connectivity index (χ2n) is 15.5. The molecule has 0 atom stereocenters. The Balaban J connectivity index is 0.00000105. The molecule has 3 heterocycles. The number of aliphatic hydroxyl groups is 1. The van der Waals surface area contributed by atoms with E-state index in [4.69, 9.17) is 19.6 Å². The largest absolute Gasteiger partial charge is 0.481 e. The average Bonchev–Trinajstić information content (AvgIpc) is 3.02. The Hall–Kier alpha value is -3.37. The normalized spacial score (nSPS) is 16.1. The Morgan fingerprint density at radius 3 is 2.32 bits per heavy atom. The van der Waals surface area contributed by atoms with Gasteiger partial charge in [0.25, 0.3) is 0 Å². The van der Waals surface area contributed by atoms with Crippen molar-refractivity contribution < 1.29 is 28.9 Å². The number of pyridine rings is 1. The van der Waals surface area contributed by atoms with Crippen LogP contribution in [-0.2, 0) is 46.8 Å². The van der Waals surface area contributed by atoms with Gasteiger partial charge in [0, 0.05) is 56.2 Å². The Bertz CT molecular complexity index is 1600. The molecule has 50 heavy (non-hydrogen) atoms. The maximum atomic E-state index is 13.7. The van der Waals surface area contributed by atoms with Gasteiger partial charge in [-0.3, -0.25) is 14.7 Å². The maximum Gasteiger partial charge on any atom is 0.307 e. The van der Waals surface area contributed by atoms with Gasteiger partial charge in [-0.05, 0) is 106 Å².